The fraction of sp³-hybridized carbons (Fsp3) is 1.00. The van der Waals surface area contributed by atoms with Crippen LogP contribution >= 0.6 is 0 Å². The van der Waals surface area contributed by atoms with E-state index >= 15 is 0 Å². The Morgan fingerprint density at radius 2 is 0.417 bits per heavy atom. The lowest BCUT2D eigenvalue weighted by atomic mass is 10.1. The molecule has 0 radical (unpaired) electrons. The van der Waals surface area contributed by atoms with Crippen molar-refractivity contribution in [2.75, 3.05) is 159 Å². The number of aliphatic hydroxyl groups excluding tert-OH is 8. The quantitative estimate of drug-likeness (QED) is 0.0462. The van der Waals surface area contributed by atoms with Gasteiger partial charge in [0.1, 0.15) is 39.3 Å². The molecule has 0 aromatic heterocycles. The number of quaternary nitrogens is 4. The Bertz CT molecular complexity index is 596. The van der Waals surface area contributed by atoms with E-state index in [0.717, 1.165) is 110 Å². The number of likely N-dealkylation sites (N-methyl/N-ethyl adjacent to an activating group) is 2. The van der Waals surface area contributed by atoms with Gasteiger partial charge in [-0.15, -0.1) is 0 Å². The summed E-state index contributed by atoms with van der Waals surface area (Å²) >= 11 is 0. The van der Waals surface area contributed by atoms with Crippen LogP contribution in [-0.4, -0.2) is 217 Å². The van der Waals surface area contributed by atoms with Crippen LogP contribution in [0.25, 0.3) is 0 Å². The van der Waals surface area contributed by atoms with Crippen LogP contribution in [0.4, 0.5) is 0 Å². The zero-order chi connectivity index (χ0) is 37.2. The maximum absolute atomic E-state index is 10.0. The van der Waals surface area contributed by atoms with Crippen LogP contribution in [0.1, 0.15) is 79.1 Å². The van der Waals surface area contributed by atoms with Crippen LogP contribution in [0.5, 0.6) is 0 Å². The molecular formula is C36H86N4O8+4. The van der Waals surface area contributed by atoms with E-state index in [9.17, 15) is 40.9 Å². The summed E-state index contributed by atoms with van der Waals surface area (Å²) in [7, 11) is 4.41. The molecule has 0 saturated heterocycles. The predicted octanol–water partition coefficient (Wildman–Crippen LogP) is 0.625. The SMILES string of the molecule is CC.CC.C[N+](CCCO)(CCCO)CC[N+](CCCO)(CC[N+](C)(CCCO)CCCO)CC[N+](CCCO)(CCCO)CCCO. The van der Waals surface area contributed by atoms with Crippen molar-refractivity contribution in [1.82, 2.24) is 0 Å². The fourth-order valence-electron chi connectivity index (χ4n) is 6.78. The van der Waals surface area contributed by atoms with E-state index < -0.39 is 0 Å². The average molecular weight is 703 g/mol. The summed E-state index contributed by atoms with van der Waals surface area (Å²) in [6.45, 7) is 20.5. The second-order valence-corrected chi connectivity index (χ2v) is 13.7. The summed E-state index contributed by atoms with van der Waals surface area (Å²) in [5.74, 6) is 0. The largest absolute Gasteiger partial charge is 0.396 e. The van der Waals surface area contributed by atoms with Gasteiger partial charge in [0.2, 0.25) is 0 Å². The van der Waals surface area contributed by atoms with Gasteiger partial charge in [0, 0.05) is 104 Å². The summed E-state index contributed by atoms with van der Waals surface area (Å²) < 4.78 is 3.01. The molecule has 48 heavy (non-hydrogen) atoms. The van der Waals surface area contributed by atoms with Crippen LogP contribution < -0.4 is 0 Å². The van der Waals surface area contributed by atoms with E-state index in [1.807, 2.05) is 27.7 Å². The average Bonchev–Trinajstić information content (AvgIpc) is 3.13. The summed E-state index contributed by atoms with van der Waals surface area (Å²) in [5.41, 5.74) is 0. The summed E-state index contributed by atoms with van der Waals surface area (Å²) in [4.78, 5) is 0. The van der Waals surface area contributed by atoms with Gasteiger partial charge in [-0.05, 0) is 0 Å². The molecule has 0 saturated carbocycles. The molecule has 0 rings (SSSR count). The molecule has 0 heterocycles. The maximum Gasteiger partial charge on any atom is 0.129 e. The van der Waals surface area contributed by atoms with E-state index in [4.69, 9.17) is 0 Å². The predicted molar refractivity (Wildman–Crippen MR) is 197 cm³/mol. The molecule has 8 N–H and O–H groups in total. The Labute approximate surface area is 296 Å². The van der Waals surface area contributed by atoms with Gasteiger partial charge < -0.3 is 58.8 Å². The molecular weight excluding hydrogens is 616 g/mol. The molecule has 0 aromatic rings. The molecule has 0 aliphatic heterocycles. The first-order valence-corrected chi connectivity index (χ1v) is 19.4. The molecule has 0 amide bonds. The molecule has 0 bridgehead atoms. The Kier molecular flexibility index (Phi) is 36.4. The Balaban J connectivity index is -0.00000486. The first-order chi connectivity index (χ1) is 23.1. The fourth-order valence-corrected chi connectivity index (χ4v) is 6.78. The van der Waals surface area contributed by atoms with Crippen molar-refractivity contribution in [2.24, 2.45) is 0 Å². The van der Waals surface area contributed by atoms with Crippen LogP contribution in [-0.2, 0) is 0 Å². The van der Waals surface area contributed by atoms with Crippen molar-refractivity contribution in [3.63, 3.8) is 0 Å². The number of nitrogens with zero attached hydrogens (tertiary/aromatic N) is 4. The standard InChI is InChI=1S/C32H74N4O8.2C2H6/c1-33(11-3-25-37,12-4-26-38)19-21-36(18-10-32-44,22-20-34(2,13-5-27-39)14-6-28-40)24-23-35(15-7-29-41,16-8-30-42)17-9-31-43;2*1-2/h37-44H,3-32H2,1-2H3;2*1-2H3/q+4;;. The van der Waals surface area contributed by atoms with Gasteiger partial charge in [-0.25, -0.2) is 0 Å². The second-order valence-electron chi connectivity index (χ2n) is 13.7. The first kappa shape index (κ1) is 51.9. The summed E-state index contributed by atoms with van der Waals surface area (Å²) in [5, 5.41) is 77.7. The van der Waals surface area contributed by atoms with Crippen LogP contribution in [0.2, 0.25) is 0 Å². The number of hydrogen-bond donors (Lipinski definition) is 8. The molecule has 0 fully saturated rings. The topological polar surface area (TPSA) is 162 Å². The highest BCUT2D eigenvalue weighted by molar-refractivity contribution is 4.56. The number of rotatable bonds is 33. The molecule has 0 aliphatic rings. The van der Waals surface area contributed by atoms with E-state index in [-0.39, 0.29) is 52.9 Å². The molecule has 0 unspecified atom stereocenters. The Morgan fingerprint density at radius 3 is 0.625 bits per heavy atom. The maximum atomic E-state index is 10.0. The molecule has 0 aliphatic carbocycles. The van der Waals surface area contributed by atoms with Gasteiger partial charge in [-0.1, -0.05) is 27.7 Å². The van der Waals surface area contributed by atoms with Crippen LogP contribution in [0, 0.1) is 0 Å². The van der Waals surface area contributed by atoms with Gasteiger partial charge in [0.25, 0.3) is 0 Å². The lowest BCUT2D eigenvalue weighted by molar-refractivity contribution is -1.01. The third kappa shape index (κ3) is 24.6. The van der Waals surface area contributed by atoms with Gasteiger partial charge in [0.05, 0.1) is 66.5 Å². The summed E-state index contributed by atoms with van der Waals surface area (Å²) in [6, 6.07) is 0. The first-order valence-electron chi connectivity index (χ1n) is 19.4. The minimum Gasteiger partial charge on any atom is -0.396 e. The molecule has 0 spiro atoms. The van der Waals surface area contributed by atoms with E-state index in [2.05, 4.69) is 14.1 Å². The van der Waals surface area contributed by atoms with Gasteiger partial charge in [-0.3, -0.25) is 0 Å². The van der Waals surface area contributed by atoms with E-state index in [1.54, 1.807) is 0 Å². The minimum atomic E-state index is 0.0971. The minimum absolute atomic E-state index is 0.0971. The molecule has 12 nitrogen and oxygen atoms in total. The van der Waals surface area contributed by atoms with Gasteiger partial charge in [0.15, 0.2) is 0 Å². The third-order valence-electron chi connectivity index (χ3n) is 9.86. The lowest BCUT2D eigenvalue weighted by Gasteiger charge is -2.47. The third-order valence-corrected chi connectivity index (χ3v) is 9.86. The van der Waals surface area contributed by atoms with Crippen molar-refractivity contribution < 1.29 is 58.8 Å². The highest BCUT2D eigenvalue weighted by atomic mass is 16.3. The van der Waals surface area contributed by atoms with Crippen molar-refractivity contribution in [3.8, 4) is 0 Å². The second kappa shape index (κ2) is 33.7. The molecule has 12 heteroatoms. The van der Waals surface area contributed by atoms with Crippen LogP contribution in [0.3, 0.4) is 0 Å². The zero-order valence-electron chi connectivity index (χ0n) is 32.6. The van der Waals surface area contributed by atoms with Crippen molar-refractivity contribution >= 4 is 0 Å². The van der Waals surface area contributed by atoms with Crippen molar-refractivity contribution in [2.45, 2.75) is 79.1 Å². The smallest absolute Gasteiger partial charge is 0.129 e. The molecule has 0 atom stereocenters. The van der Waals surface area contributed by atoms with Crippen molar-refractivity contribution in [3.05, 3.63) is 0 Å². The Morgan fingerprint density at radius 1 is 0.250 bits per heavy atom. The van der Waals surface area contributed by atoms with E-state index in [1.165, 1.54) is 0 Å². The van der Waals surface area contributed by atoms with Crippen LogP contribution in [0.15, 0.2) is 0 Å². The lowest BCUT2D eigenvalue weighted by Crippen LogP contribution is -2.64. The Hall–Kier alpha value is -0.480. The highest BCUT2D eigenvalue weighted by Gasteiger charge is 2.38. The summed E-state index contributed by atoms with van der Waals surface area (Å²) in [6.07, 6.45) is 5.40. The highest BCUT2D eigenvalue weighted by Crippen LogP contribution is 2.20. The zero-order valence-corrected chi connectivity index (χ0v) is 32.6. The van der Waals surface area contributed by atoms with Crippen molar-refractivity contribution in [1.29, 1.82) is 0 Å². The van der Waals surface area contributed by atoms with E-state index in [0.29, 0.717) is 51.4 Å². The monoisotopic (exact) mass is 703 g/mol. The molecule has 294 valence electrons. The normalized spacial score (nSPS) is 12.4. The van der Waals surface area contributed by atoms with Gasteiger partial charge in [-0.2, -0.15) is 0 Å². The van der Waals surface area contributed by atoms with Gasteiger partial charge >= 0.3 is 0 Å². The number of aliphatic hydroxyl groups is 8. The number of hydrogen-bond acceptors (Lipinski definition) is 8. The molecule has 0 aromatic carbocycles.